The molecule has 1 N–H and O–H groups in total. The minimum Gasteiger partial charge on any atom is -0.536 e. The van der Waals surface area contributed by atoms with E-state index >= 15 is 0 Å². The Labute approximate surface area is 70.3 Å². The number of hydrogen-bond acceptors (Lipinski definition) is 3. The van der Waals surface area contributed by atoms with Crippen molar-refractivity contribution in [3.05, 3.63) is 23.0 Å². The third kappa shape index (κ3) is 2.10. The van der Waals surface area contributed by atoms with Crippen LogP contribution >= 0.6 is 11.6 Å². The maximum atomic E-state index is 8.32. The fraction of sp³-hybridized carbons (Fsp3) is 0.167. The van der Waals surface area contributed by atoms with Crippen LogP contribution in [-0.4, -0.2) is 17.7 Å². The van der Waals surface area contributed by atoms with Crippen molar-refractivity contribution < 1.29 is 9.68 Å². The predicted molar refractivity (Wildman–Crippen MR) is 42.6 cm³/mol. The second kappa shape index (κ2) is 3.60. The fourth-order valence-electron chi connectivity index (χ4n) is 0.665. The third-order valence-electron chi connectivity index (χ3n) is 1.19. The first-order valence-corrected chi connectivity index (χ1v) is 3.36. The molecule has 1 rings (SSSR count). The van der Waals surface area contributed by atoms with Gasteiger partial charge in [-0.3, -0.25) is 4.98 Å². The Hall–Kier alpha value is -0.735. The Kier molecular flexibility index (Phi) is 2.73. The average Bonchev–Trinajstić information content (AvgIpc) is 1.98. The summed E-state index contributed by atoms with van der Waals surface area (Å²) in [6.45, 7) is 1.76. The highest BCUT2D eigenvalue weighted by molar-refractivity contribution is 6.30. The Morgan fingerprint density at radius 3 is 3.09 bits per heavy atom. The number of aromatic nitrogens is 1. The lowest BCUT2D eigenvalue weighted by Crippen LogP contribution is -2.02. The van der Waals surface area contributed by atoms with Crippen molar-refractivity contribution in [2.75, 3.05) is 0 Å². The van der Waals surface area contributed by atoms with Crippen LogP contribution in [-0.2, 0) is 0 Å². The van der Waals surface area contributed by atoms with Gasteiger partial charge in [-0.25, -0.2) is 0 Å². The molecule has 5 heteroatoms. The van der Waals surface area contributed by atoms with Crippen molar-refractivity contribution in [2.24, 2.45) is 0 Å². The maximum absolute atomic E-state index is 8.32. The molecule has 57 valence electrons. The number of hydrogen-bond donors (Lipinski definition) is 1. The number of aryl methyl sites for hydroxylation is 1. The van der Waals surface area contributed by atoms with Crippen molar-refractivity contribution in [1.82, 2.24) is 4.98 Å². The van der Waals surface area contributed by atoms with E-state index < -0.39 is 0 Å². The second-order valence-corrected chi connectivity index (χ2v) is 2.40. The molecular weight excluding hydrogens is 164 g/mol. The lowest BCUT2D eigenvalue weighted by atomic mass is 10.3. The third-order valence-corrected chi connectivity index (χ3v) is 1.39. The van der Waals surface area contributed by atoms with Crippen LogP contribution in [0.4, 0.5) is 0 Å². The standard InChI is InChI=1S/C6H6BClNO2/c1-4-6(11-7-10)2-5(8)3-9-4/h2-3,10H,1H3. The van der Waals surface area contributed by atoms with Gasteiger partial charge in [-0.05, 0) is 6.92 Å². The van der Waals surface area contributed by atoms with E-state index in [1.807, 2.05) is 0 Å². The van der Waals surface area contributed by atoms with Crippen LogP contribution in [0, 0.1) is 6.92 Å². The van der Waals surface area contributed by atoms with E-state index in [0.29, 0.717) is 24.2 Å². The van der Waals surface area contributed by atoms with Gasteiger partial charge in [0.05, 0.1) is 10.7 Å². The molecule has 0 amide bonds. The normalized spacial score (nSPS) is 9.36. The summed E-state index contributed by atoms with van der Waals surface area (Å²) < 4.78 is 4.70. The van der Waals surface area contributed by atoms with Gasteiger partial charge in [-0.2, -0.15) is 0 Å². The fourth-order valence-corrected chi connectivity index (χ4v) is 0.813. The van der Waals surface area contributed by atoms with Crippen LogP contribution in [0.1, 0.15) is 5.69 Å². The van der Waals surface area contributed by atoms with Crippen LogP contribution in [0.5, 0.6) is 5.75 Å². The molecule has 3 nitrogen and oxygen atoms in total. The number of pyridine rings is 1. The molecule has 0 bridgehead atoms. The van der Waals surface area contributed by atoms with E-state index in [0.717, 1.165) is 0 Å². The van der Waals surface area contributed by atoms with Crippen molar-refractivity contribution in [3.63, 3.8) is 0 Å². The average molecular weight is 170 g/mol. The highest BCUT2D eigenvalue weighted by Crippen LogP contribution is 2.19. The molecule has 1 aromatic heterocycles. The zero-order chi connectivity index (χ0) is 8.27. The number of nitrogens with zero attached hydrogens (tertiary/aromatic N) is 1. The molecule has 0 aliphatic rings. The molecule has 1 aromatic rings. The van der Waals surface area contributed by atoms with E-state index in [9.17, 15) is 0 Å². The second-order valence-electron chi connectivity index (χ2n) is 1.96. The van der Waals surface area contributed by atoms with Crippen molar-refractivity contribution in [2.45, 2.75) is 6.92 Å². The summed E-state index contributed by atoms with van der Waals surface area (Å²) in [6.07, 6.45) is 1.52. The van der Waals surface area contributed by atoms with Crippen molar-refractivity contribution >= 4 is 19.3 Å². The minimum atomic E-state index is 0.458. The van der Waals surface area contributed by atoms with Gasteiger partial charge in [0, 0.05) is 12.3 Å². The maximum Gasteiger partial charge on any atom is 0.569 e. The van der Waals surface area contributed by atoms with Gasteiger partial charge >= 0.3 is 7.69 Å². The molecule has 0 saturated heterocycles. The summed E-state index contributed by atoms with van der Waals surface area (Å²) in [7, 11) is 0.598. The first-order chi connectivity index (χ1) is 5.24. The smallest absolute Gasteiger partial charge is 0.536 e. The highest BCUT2D eigenvalue weighted by atomic mass is 35.5. The zero-order valence-electron chi connectivity index (χ0n) is 5.91. The summed E-state index contributed by atoms with van der Waals surface area (Å²) in [5.41, 5.74) is 0.680. The molecule has 0 aliphatic heterocycles. The molecule has 0 aliphatic carbocycles. The van der Waals surface area contributed by atoms with Gasteiger partial charge in [0.15, 0.2) is 0 Å². The molecular formula is C6H6BClNO2. The zero-order valence-corrected chi connectivity index (χ0v) is 6.67. The quantitative estimate of drug-likeness (QED) is 0.672. The molecule has 0 saturated carbocycles. The van der Waals surface area contributed by atoms with Gasteiger partial charge in [-0.1, -0.05) is 11.6 Å². The van der Waals surface area contributed by atoms with E-state index in [-0.39, 0.29) is 0 Å². The predicted octanol–water partition coefficient (Wildman–Crippen LogP) is 0.949. The summed E-state index contributed by atoms with van der Waals surface area (Å²) >= 11 is 5.61. The first-order valence-electron chi connectivity index (χ1n) is 2.98. The van der Waals surface area contributed by atoms with E-state index in [1.165, 1.54) is 6.20 Å². The SMILES string of the molecule is Cc1ncc(Cl)cc1O[B]O. The summed E-state index contributed by atoms with van der Waals surface area (Å²) in [5.74, 6) is 0.458. The Bertz CT molecular complexity index is 256. The molecule has 11 heavy (non-hydrogen) atoms. The molecule has 0 unspecified atom stereocenters. The number of halogens is 1. The van der Waals surface area contributed by atoms with Crippen LogP contribution in [0.25, 0.3) is 0 Å². The largest absolute Gasteiger partial charge is 0.569 e. The monoisotopic (exact) mass is 170 g/mol. The van der Waals surface area contributed by atoms with E-state index in [2.05, 4.69) is 4.98 Å². The van der Waals surface area contributed by atoms with Crippen molar-refractivity contribution in [1.29, 1.82) is 0 Å². The van der Waals surface area contributed by atoms with E-state index in [4.69, 9.17) is 21.3 Å². The van der Waals surface area contributed by atoms with E-state index in [1.54, 1.807) is 13.0 Å². The number of rotatable bonds is 2. The summed E-state index contributed by atoms with van der Waals surface area (Å²) in [6, 6.07) is 1.58. The minimum absolute atomic E-state index is 0.458. The molecule has 0 spiro atoms. The first kappa shape index (κ1) is 8.36. The van der Waals surface area contributed by atoms with Crippen LogP contribution in [0.3, 0.4) is 0 Å². The Morgan fingerprint density at radius 1 is 1.73 bits per heavy atom. The van der Waals surface area contributed by atoms with Gasteiger partial charge in [0.2, 0.25) is 0 Å². The van der Waals surface area contributed by atoms with Gasteiger partial charge in [-0.15, -0.1) is 0 Å². The molecule has 0 fully saturated rings. The Balaban J connectivity index is 2.93. The summed E-state index contributed by atoms with van der Waals surface area (Å²) in [5, 5.41) is 8.80. The van der Waals surface area contributed by atoms with Crippen LogP contribution in [0.15, 0.2) is 12.3 Å². The van der Waals surface area contributed by atoms with Gasteiger partial charge in [0.1, 0.15) is 5.75 Å². The van der Waals surface area contributed by atoms with Gasteiger partial charge in [0.25, 0.3) is 0 Å². The molecule has 1 radical (unpaired) electrons. The molecule has 1 heterocycles. The van der Waals surface area contributed by atoms with Crippen LogP contribution < -0.4 is 4.65 Å². The molecule has 0 atom stereocenters. The molecule has 0 aromatic carbocycles. The summed E-state index contributed by atoms with van der Waals surface area (Å²) in [4.78, 5) is 3.91. The highest BCUT2D eigenvalue weighted by Gasteiger charge is 2.01. The topological polar surface area (TPSA) is 42.4 Å². The Morgan fingerprint density at radius 2 is 2.45 bits per heavy atom. The van der Waals surface area contributed by atoms with Crippen molar-refractivity contribution in [3.8, 4) is 5.75 Å². The lowest BCUT2D eigenvalue weighted by Gasteiger charge is -2.03. The van der Waals surface area contributed by atoms with Crippen LogP contribution in [0.2, 0.25) is 5.02 Å². The van der Waals surface area contributed by atoms with Gasteiger partial charge < -0.3 is 9.68 Å². The lowest BCUT2D eigenvalue weighted by molar-refractivity contribution is 0.450.